The second kappa shape index (κ2) is 38.8. The lowest BCUT2D eigenvalue weighted by Gasteiger charge is -1.79. The summed E-state index contributed by atoms with van der Waals surface area (Å²) in [4.78, 5) is 0. The normalized spacial score (nSPS) is 5.93. The molecule has 0 radical (unpaired) electrons. The molecule has 0 aromatic rings. The molecule has 0 bridgehead atoms. The maximum absolute atomic E-state index is 7.00. The Morgan fingerprint density at radius 3 is 1.07 bits per heavy atom. The summed E-state index contributed by atoms with van der Waals surface area (Å²) >= 11 is 0. The predicted molar refractivity (Wildman–Crippen MR) is 68.7 cm³/mol. The summed E-state index contributed by atoms with van der Waals surface area (Å²) in [5.41, 5.74) is 1.38. The van der Waals surface area contributed by atoms with Gasteiger partial charge in [-0.2, -0.15) is 0 Å². The van der Waals surface area contributed by atoms with Crippen LogP contribution in [0.4, 0.5) is 0 Å². The van der Waals surface area contributed by atoms with E-state index in [0.717, 1.165) is 13.0 Å². The van der Waals surface area contributed by atoms with Crippen LogP contribution in [0.25, 0.3) is 0 Å². The fourth-order valence-electron chi connectivity index (χ4n) is 0. The third-order valence-electron chi connectivity index (χ3n) is 0.577. The summed E-state index contributed by atoms with van der Waals surface area (Å²) in [6.07, 6.45) is 2.08. The van der Waals surface area contributed by atoms with Gasteiger partial charge in [-0.15, -0.1) is 0 Å². The molecule has 0 aliphatic heterocycles. The zero-order chi connectivity index (χ0) is 11.9. The largest absolute Gasteiger partial charge is 0.412 e. The van der Waals surface area contributed by atoms with Crippen LogP contribution in [-0.2, 0) is 0 Å². The average Bonchev–Trinajstić information content (AvgIpc) is 2.10. The fraction of sp³-hybridized carbons (Fsp3) is 0.833. The van der Waals surface area contributed by atoms with Crippen molar-refractivity contribution < 1.29 is 10.6 Å². The lowest BCUT2D eigenvalue weighted by atomic mass is 10.3. The first kappa shape index (κ1) is 29.2. The Labute approximate surface area is 91.4 Å². The van der Waals surface area contributed by atoms with E-state index in [0.29, 0.717) is 0 Å². The van der Waals surface area contributed by atoms with Gasteiger partial charge in [0.15, 0.2) is 0 Å². The molecule has 2 heteroatoms. The van der Waals surface area contributed by atoms with E-state index in [1.807, 2.05) is 20.8 Å². The van der Waals surface area contributed by atoms with Gasteiger partial charge in [-0.3, -0.25) is 0 Å². The Bertz CT molecular complexity index is 69.6. The van der Waals surface area contributed by atoms with Crippen LogP contribution in [0.1, 0.15) is 55.4 Å². The van der Waals surface area contributed by atoms with Crippen molar-refractivity contribution in [3.63, 3.8) is 0 Å². The van der Waals surface area contributed by atoms with Crippen molar-refractivity contribution in [2.45, 2.75) is 55.4 Å². The van der Waals surface area contributed by atoms with E-state index in [9.17, 15) is 0 Å². The molecule has 0 fully saturated rings. The molecule has 2 nitrogen and oxygen atoms in total. The van der Waals surface area contributed by atoms with E-state index in [4.69, 9.17) is 5.11 Å². The van der Waals surface area contributed by atoms with Gasteiger partial charge in [0.05, 0.1) is 0 Å². The number of aliphatic hydroxyl groups excluding tert-OH is 1. The minimum atomic E-state index is 0. The summed E-state index contributed by atoms with van der Waals surface area (Å²) in [6, 6.07) is 0. The zero-order valence-corrected chi connectivity index (χ0v) is 11.6. The Morgan fingerprint density at radius 1 is 1.00 bits per heavy atom. The Balaban J connectivity index is -0.0000000273. The first-order valence-corrected chi connectivity index (χ1v) is 5.05. The van der Waals surface area contributed by atoms with Crippen molar-refractivity contribution in [1.82, 2.24) is 0 Å². The number of rotatable bonds is 0. The van der Waals surface area contributed by atoms with Crippen LogP contribution >= 0.6 is 0 Å². The number of aliphatic hydroxyl groups is 1. The monoisotopic (exact) mass is 208 g/mol. The Kier molecular flexibility index (Phi) is 80.9. The molecular weight excluding hydrogens is 176 g/mol. The molecule has 14 heavy (non-hydrogen) atoms. The molecule has 0 saturated carbocycles. The summed E-state index contributed by atoms with van der Waals surface area (Å²) in [5, 5.41) is 7.00. The van der Waals surface area contributed by atoms with Crippen molar-refractivity contribution in [3.8, 4) is 0 Å². The lowest BCUT2D eigenvalue weighted by molar-refractivity contribution is 0.399. The molecule has 92 valence electrons. The minimum Gasteiger partial charge on any atom is -0.412 e. The topological polar surface area (TPSA) is 51.7 Å². The maximum atomic E-state index is 7.00. The van der Waals surface area contributed by atoms with Crippen LogP contribution in [-0.4, -0.2) is 17.7 Å². The molecular formula is C12H32O2. The van der Waals surface area contributed by atoms with Gasteiger partial charge in [0.1, 0.15) is 0 Å². The highest BCUT2D eigenvalue weighted by Crippen LogP contribution is 1.82. The van der Waals surface area contributed by atoms with Crippen LogP contribution in [0.15, 0.2) is 11.6 Å². The number of hydrogen-bond acceptors (Lipinski definition) is 1. The van der Waals surface area contributed by atoms with E-state index < -0.39 is 0 Å². The SMILES string of the molecule is CC.CC(C)C.CC=C(C)C.CO.O. The average molecular weight is 208 g/mol. The van der Waals surface area contributed by atoms with Gasteiger partial charge >= 0.3 is 0 Å². The van der Waals surface area contributed by atoms with Crippen LogP contribution in [0, 0.1) is 5.92 Å². The van der Waals surface area contributed by atoms with Gasteiger partial charge in [0.2, 0.25) is 0 Å². The molecule has 0 aliphatic rings. The van der Waals surface area contributed by atoms with Gasteiger partial charge in [-0.25, -0.2) is 0 Å². The van der Waals surface area contributed by atoms with Gasteiger partial charge < -0.3 is 10.6 Å². The van der Waals surface area contributed by atoms with Crippen LogP contribution in [0.2, 0.25) is 0 Å². The fourth-order valence-corrected chi connectivity index (χ4v) is 0. The Hall–Kier alpha value is -0.340. The van der Waals surface area contributed by atoms with Crippen molar-refractivity contribution >= 4 is 0 Å². The van der Waals surface area contributed by atoms with E-state index in [1.54, 1.807) is 0 Å². The van der Waals surface area contributed by atoms with E-state index in [1.165, 1.54) is 5.57 Å². The quantitative estimate of drug-likeness (QED) is 0.609. The van der Waals surface area contributed by atoms with Crippen LogP contribution < -0.4 is 0 Å². The molecule has 0 rings (SSSR count). The van der Waals surface area contributed by atoms with E-state index >= 15 is 0 Å². The molecule has 0 aromatic heterocycles. The molecule has 0 aromatic carbocycles. The molecule has 0 aliphatic carbocycles. The summed E-state index contributed by atoms with van der Waals surface area (Å²) in [7, 11) is 1.00. The first-order valence-electron chi connectivity index (χ1n) is 5.05. The van der Waals surface area contributed by atoms with Crippen LogP contribution in [0.5, 0.6) is 0 Å². The first-order chi connectivity index (χ1) is 6.00. The molecule has 0 unspecified atom stereocenters. The van der Waals surface area contributed by atoms with Gasteiger partial charge in [0, 0.05) is 7.11 Å². The molecule has 0 spiro atoms. The molecule has 0 atom stereocenters. The van der Waals surface area contributed by atoms with Gasteiger partial charge in [0.25, 0.3) is 0 Å². The van der Waals surface area contributed by atoms with E-state index in [2.05, 4.69) is 40.7 Å². The van der Waals surface area contributed by atoms with Crippen molar-refractivity contribution in [2.24, 2.45) is 5.92 Å². The molecule has 0 amide bonds. The smallest absolute Gasteiger partial charge is 0.0319 e. The highest BCUT2D eigenvalue weighted by molar-refractivity contribution is 4.88. The number of hydrogen-bond donors (Lipinski definition) is 1. The summed E-state index contributed by atoms with van der Waals surface area (Å²) in [6.45, 7) is 16.7. The van der Waals surface area contributed by atoms with Gasteiger partial charge in [-0.05, 0) is 26.7 Å². The van der Waals surface area contributed by atoms with Crippen LogP contribution in [0.3, 0.4) is 0 Å². The lowest BCUT2D eigenvalue weighted by Crippen LogP contribution is -1.66. The highest BCUT2D eigenvalue weighted by Gasteiger charge is 1.68. The maximum Gasteiger partial charge on any atom is 0.0319 e. The van der Waals surface area contributed by atoms with Crippen molar-refractivity contribution in [1.29, 1.82) is 0 Å². The minimum absolute atomic E-state index is 0. The zero-order valence-electron chi connectivity index (χ0n) is 11.6. The second-order valence-electron chi connectivity index (χ2n) is 3.10. The molecule has 0 heterocycles. The molecule has 0 saturated heterocycles. The third kappa shape index (κ3) is 481. The second-order valence-corrected chi connectivity index (χ2v) is 3.10. The van der Waals surface area contributed by atoms with E-state index in [-0.39, 0.29) is 5.48 Å². The third-order valence-corrected chi connectivity index (χ3v) is 0.577. The summed E-state index contributed by atoms with van der Waals surface area (Å²) < 4.78 is 0. The van der Waals surface area contributed by atoms with Crippen molar-refractivity contribution in [2.75, 3.05) is 7.11 Å². The summed E-state index contributed by atoms with van der Waals surface area (Å²) in [5.74, 6) is 0.833. The Morgan fingerprint density at radius 2 is 1.07 bits per heavy atom. The van der Waals surface area contributed by atoms with Crippen molar-refractivity contribution in [3.05, 3.63) is 11.6 Å². The predicted octanol–water partition coefficient (Wildman–Crippen LogP) is 3.44. The standard InChI is InChI=1S/C5H10.C4H10.C2H6.CH4O.H2O/c1-4-5(2)3;1-4(2)3;2*1-2;/h4H,1-3H3;4H,1-3H3;1-2H3;2H,1H3;1H2. The highest BCUT2D eigenvalue weighted by atomic mass is 16.2. The molecule has 3 N–H and O–H groups in total. The van der Waals surface area contributed by atoms with Gasteiger partial charge in [-0.1, -0.05) is 46.3 Å². The number of allylic oxidation sites excluding steroid dienone is 2.